The molecule has 2 aliphatic rings. The van der Waals surface area contributed by atoms with Crippen LogP contribution >= 0.6 is 0 Å². The first-order valence-corrected chi connectivity index (χ1v) is 11.2. The molecule has 1 amide bonds. The second-order valence-electron chi connectivity index (χ2n) is 8.26. The van der Waals surface area contributed by atoms with Crippen molar-refractivity contribution >= 4 is 28.4 Å². The normalized spacial score (nSPS) is 16.9. The average Bonchev–Trinajstić information content (AvgIpc) is 2.86. The molecule has 3 aromatic rings. The van der Waals surface area contributed by atoms with Gasteiger partial charge in [-0.3, -0.25) is 14.2 Å². The summed E-state index contributed by atoms with van der Waals surface area (Å²) in [6.45, 7) is 4.66. The van der Waals surface area contributed by atoms with Crippen molar-refractivity contribution in [1.82, 2.24) is 14.5 Å². The predicted octanol–water partition coefficient (Wildman–Crippen LogP) is 1.72. The van der Waals surface area contributed by atoms with Crippen LogP contribution in [0.5, 0.6) is 0 Å². The molecule has 0 spiro atoms. The Morgan fingerprint density at radius 2 is 1.61 bits per heavy atom. The monoisotopic (exact) mass is 451 g/mol. The number of halogens is 1. The predicted molar refractivity (Wildman–Crippen MR) is 124 cm³/mol. The van der Waals surface area contributed by atoms with E-state index in [0.29, 0.717) is 69.3 Å². The molecule has 2 fully saturated rings. The summed E-state index contributed by atoms with van der Waals surface area (Å²) in [7, 11) is 0. The summed E-state index contributed by atoms with van der Waals surface area (Å²) in [5.74, 6) is 0.00472. The fourth-order valence-corrected chi connectivity index (χ4v) is 4.42. The maximum Gasteiger partial charge on any atom is 0.294 e. The first-order chi connectivity index (χ1) is 16.1. The van der Waals surface area contributed by atoms with Gasteiger partial charge in [0.15, 0.2) is 5.82 Å². The molecule has 5 rings (SSSR count). The van der Waals surface area contributed by atoms with Gasteiger partial charge in [-0.1, -0.05) is 12.1 Å². The Morgan fingerprint density at radius 1 is 0.909 bits per heavy atom. The summed E-state index contributed by atoms with van der Waals surface area (Å²) >= 11 is 0. The van der Waals surface area contributed by atoms with Crippen molar-refractivity contribution in [3.63, 3.8) is 0 Å². The van der Waals surface area contributed by atoms with Gasteiger partial charge in [0.25, 0.3) is 5.56 Å². The number of aromatic nitrogens is 2. The van der Waals surface area contributed by atoms with Crippen LogP contribution in [-0.2, 0) is 16.1 Å². The molecule has 1 aromatic heterocycles. The van der Waals surface area contributed by atoms with Gasteiger partial charge in [0, 0.05) is 45.0 Å². The van der Waals surface area contributed by atoms with E-state index in [1.807, 2.05) is 29.2 Å². The number of amides is 1. The maximum absolute atomic E-state index is 13.4. The quantitative estimate of drug-likeness (QED) is 0.602. The summed E-state index contributed by atoms with van der Waals surface area (Å²) in [5.41, 5.74) is 2.02. The van der Waals surface area contributed by atoms with Crippen LogP contribution in [0, 0.1) is 5.82 Å². The van der Waals surface area contributed by atoms with Crippen molar-refractivity contribution in [2.24, 2.45) is 0 Å². The Labute approximate surface area is 190 Å². The number of rotatable bonds is 4. The molecule has 0 aliphatic carbocycles. The molecule has 0 unspecified atom stereocenters. The summed E-state index contributed by atoms with van der Waals surface area (Å²) in [6.07, 6.45) is 0. The van der Waals surface area contributed by atoms with Crippen LogP contribution in [0.1, 0.15) is 0 Å². The lowest BCUT2D eigenvalue weighted by atomic mass is 10.2. The number of hydrogen-bond acceptors (Lipinski definition) is 6. The van der Waals surface area contributed by atoms with Crippen LogP contribution in [-0.4, -0.2) is 72.8 Å². The minimum atomic E-state index is -0.265. The number of benzene rings is 2. The lowest BCUT2D eigenvalue weighted by Crippen LogP contribution is -2.50. The average molecular weight is 452 g/mol. The number of ether oxygens (including phenoxy) is 1. The maximum atomic E-state index is 13.4. The molecule has 0 saturated carbocycles. The van der Waals surface area contributed by atoms with Gasteiger partial charge in [0.05, 0.1) is 24.2 Å². The number of piperazine rings is 1. The van der Waals surface area contributed by atoms with Gasteiger partial charge >= 0.3 is 0 Å². The first-order valence-electron chi connectivity index (χ1n) is 11.2. The lowest BCUT2D eigenvalue weighted by molar-refractivity contribution is -0.132. The molecule has 33 heavy (non-hydrogen) atoms. The van der Waals surface area contributed by atoms with E-state index in [1.165, 1.54) is 12.1 Å². The minimum absolute atomic E-state index is 0.0320. The first kappa shape index (κ1) is 21.4. The van der Waals surface area contributed by atoms with Gasteiger partial charge in [-0.05, 0) is 36.4 Å². The third kappa shape index (κ3) is 4.41. The van der Waals surface area contributed by atoms with Crippen LogP contribution in [0.4, 0.5) is 15.9 Å². The van der Waals surface area contributed by atoms with Crippen molar-refractivity contribution in [2.75, 3.05) is 62.3 Å². The molecule has 8 nitrogen and oxygen atoms in total. The molecular weight excluding hydrogens is 425 g/mol. The van der Waals surface area contributed by atoms with Gasteiger partial charge < -0.3 is 19.4 Å². The van der Waals surface area contributed by atoms with E-state index in [-0.39, 0.29) is 23.8 Å². The van der Waals surface area contributed by atoms with Crippen molar-refractivity contribution in [2.45, 2.75) is 6.54 Å². The van der Waals surface area contributed by atoms with Crippen LogP contribution in [0.2, 0.25) is 0 Å². The third-order valence-electron chi connectivity index (χ3n) is 6.26. The number of anilines is 2. The Hall–Kier alpha value is -3.46. The van der Waals surface area contributed by atoms with Crippen LogP contribution < -0.4 is 15.4 Å². The molecule has 0 bridgehead atoms. The second-order valence-corrected chi connectivity index (χ2v) is 8.26. The van der Waals surface area contributed by atoms with E-state index in [9.17, 15) is 14.0 Å². The summed E-state index contributed by atoms with van der Waals surface area (Å²) in [6, 6.07) is 13.8. The standard InChI is InChI=1S/C24H26FN5O3/c25-18-5-7-19(8-6-18)27-9-11-28(12-10-27)22(31)17-30-21-4-2-1-3-20(21)26-23(24(30)32)29-13-15-33-16-14-29/h1-8H,9-17H2. The molecular formula is C24H26FN5O3. The SMILES string of the molecule is O=C(Cn1c(=O)c(N2CCOCC2)nc2ccccc21)N1CCN(c2ccc(F)cc2)CC1. The molecule has 172 valence electrons. The number of nitrogens with zero attached hydrogens (tertiary/aromatic N) is 5. The molecule has 0 atom stereocenters. The van der Waals surface area contributed by atoms with E-state index >= 15 is 0 Å². The molecule has 0 N–H and O–H groups in total. The van der Waals surface area contributed by atoms with E-state index in [1.54, 1.807) is 21.6 Å². The van der Waals surface area contributed by atoms with Crippen LogP contribution in [0.25, 0.3) is 11.0 Å². The minimum Gasteiger partial charge on any atom is -0.378 e. The molecule has 2 aromatic carbocycles. The van der Waals surface area contributed by atoms with Crippen molar-refractivity contribution in [1.29, 1.82) is 0 Å². The van der Waals surface area contributed by atoms with E-state index in [0.717, 1.165) is 5.69 Å². The number of hydrogen-bond donors (Lipinski definition) is 0. The number of carbonyl (C=O) groups is 1. The molecule has 2 aliphatic heterocycles. The Balaban J connectivity index is 1.35. The Morgan fingerprint density at radius 3 is 2.33 bits per heavy atom. The van der Waals surface area contributed by atoms with Gasteiger partial charge in [-0.2, -0.15) is 0 Å². The number of carbonyl (C=O) groups excluding carboxylic acids is 1. The third-order valence-corrected chi connectivity index (χ3v) is 6.26. The number of para-hydroxylation sites is 2. The smallest absolute Gasteiger partial charge is 0.294 e. The highest BCUT2D eigenvalue weighted by molar-refractivity contribution is 5.81. The summed E-state index contributed by atoms with van der Waals surface area (Å²) in [5, 5.41) is 0. The molecule has 3 heterocycles. The van der Waals surface area contributed by atoms with E-state index in [2.05, 4.69) is 9.88 Å². The number of morpholine rings is 1. The highest BCUT2D eigenvalue weighted by Gasteiger charge is 2.24. The van der Waals surface area contributed by atoms with Crippen LogP contribution in [0.3, 0.4) is 0 Å². The van der Waals surface area contributed by atoms with Gasteiger partial charge in [0.2, 0.25) is 5.91 Å². The largest absolute Gasteiger partial charge is 0.378 e. The number of fused-ring (bicyclic) bond motifs is 1. The molecule has 2 saturated heterocycles. The zero-order chi connectivity index (χ0) is 22.8. The van der Waals surface area contributed by atoms with E-state index in [4.69, 9.17) is 4.74 Å². The van der Waals surface area contributed by atoms with Gasteiger partial charge in [0.1, 0.15) is 12.4 Å². The van der Waals surface area contributed by atoms with E-state index < -0.39 is 0 Å². The fraction of sp³-hybridized carbons (Fsp3) is 0.375. The van der Waals surface area contributed by atoms with Crippen molar-refractivity contribution in [3.05, 3.63) is 64.7 Å². The van der Waals surface area contributed by atoms with Crippen LogP contribution in [0.15, 0.2) is 53.3 Å². The summed E-state index contributed by atoms with van der Waals surface area (Å²) in [4.78, 5) is 37.0. The Kier molecular flexibility index (Phi) is 5.95. The summed E-state index contributed by atoms with van der Waals surface area (Å²) < 4.78 is 20.2. The zero-order valence-electron chi connectivity index (χ0n) is 18.3. The van der Waals surface area contributed by atoms with Gasteiger partial charge in [-0.25, -0.2) is 9.37 Å². The molecule has 0 radical (unpaired) electrons. The fourth-order valence-electron chi connectivity index (χ4n) is 4.42. The zero-order valence-corrected chi connectivity index (χ0v) is 18.3. The van der Waals surface area contributed by atoms with Gasteiger partial charge in [-0.15, -0.1) is 0 Å². The molecule has 9 heteroatoms. The highest BCUT2D eigenvalue weighted by atomic mass is 19.1. The highest BCUT2D eigenvalue weighted by Crippen LogP contribution is 2.18. The van der Waals surface area contributed by atoms with Crippen molar-refractivity contribution < 1.29 is 13.9 Å². The lowest BCUT2D eigenvalue weighted by Gasteiger charge is -2.36. The Bertz CT molecular complexity index is 1200. The van der Waals surface area contributed by atoms with Crippen molar-refractivity contribution in [3.8, 4) is 0 Å². The topological polar surface area (TPSA) is 70.9 Å². The second kappa shape index (κ2) is 9.19.